The highest BCUT2D eigenvalue weighted by Crippen LogP contribution is 2.63. The summed E-state index contributed by atoms with van der Waals surface area (Å²) in [5.41, 5.74) is 2.13. The minimum atomic E-state index is 0.411. The van der Waals surface area contributed by atoms with Gasteiger partial charge in [0.2, 0.25) is 0 Å². The van der Waals surface area contributed by atoms with Gasteiger partial charge in [0.1, 0.15) is 0 Å². The fraction of sp³-hybridized carbons (Fsp3) is 0.870. The average Bonchev–Trinajstić information content (AvgIpc) is 3.41. The van der Waals surface area contributed by atoms with Gasteiger partial charge in [-0.15, -0.1) is 0 Å². The van der Waals surface area contributed by atoms with Gasteiger partial charge in [0.05, 0.1) is 0 Å². The van der Waals surface area contributed by atoms with Crippen molar-refractivity contribution in [2.75, 3.05) is 0 Å². The van der Waals surface area contributed by atoms with Gasteiger partial charge in [-0.1, -0.05) is 39.2 Å². The molecule has 24 heavy (non-hydrogen) atoms. The van der Waals surface area contributed by atoms with Crippen LogP contribution in [0.2, 0.25) is 0 Å². The lowest BCUT2D eigenvalue weighted by Gasteiger charge is -2.58. The van der Waals surface area contributed by atoms with Crippen molar-refractivity contribution >= 4 is 5.78 Å². The first-order valence-corrected chi connectivity index (χ1v) is 10.8. The van der Waals surface area contributed by atoms with Crippen molar-refractivity contribution in [1.82, 2.24) is 0 Å². The third-order valence-corrected chi connectivity index (χ3v) is 8.54. The molecule has 6 atom stereocenters. The summed E-state index contributed by atoms with van der Waals surface area (Å²) in [6, 6.07) is 0. The number of hydrogen-bond acceptors (Lipinski definition) is 1. The Balaban J connectivity index is 1.70. The first-order valence-electron chi connectivity index (χ1n) is 10.8. The van der Waals surface area contributed by atoms with Crippen molar-refractivity contribution in [3.05, 3.63) is 11.6 Å². The molecule has 0 bridgehead atoms. The molecule has 0 aromatic heterocycles. The molecule has 3 saturated carbocycles. The molecular weight excluding hydrogens is 292 g/mol. The predicted octanol–water partition coefficient (Wildman–Crippen LogP) is 6.18. The fourth-order valence-corrected chi connectivity index (χ4v) is 7.00. The van der Waals surface area contributed by atoms with Crippen LogP contribution < -0.4 is 0 Å². The molecule has 0 amide bonds. The van der Waals surface area contributed by atoms with Crippen molar-refractivity contribution in [3.63, 3.8) is 0 Å². The van der Waals surface area contributed by atoms with Crippen LogP contribution in [0.4, 0.5) is 0 Å². The number of hydrogen-bond donors (Lipinski definition) is 0. The molecule has 0 aromatic rings. The third kappa shape index (κ3) is 2.71. The minimum absolute atomic E-state index is 0.411. The van der Waals surface area contributed by atoms with Crippen LogP contribution in [0.5, 0.6) is 0 Å². The second-order valence-corrected chi connectivity index (χ2v) is 9.72. The van der Waals surface area contributed by atoms with Crippen LogP contribution >= 0.6 is 0 Å². The Kier molecular flexibility index (Phi) is 4.42. The molecule has 3 fully saturated rings. The maximum atomic E-state index is 12.0. The molecule has 1 heteroatoms. The van der Waals surface area contributed by atoms with Crippen LogP contribution in [-0.4, -0.2) is 5.78 Å². The van der Waals surface area contributed by atoms with Crippen LogP contribution in [0.1, 0.15) is 85.0 Å². The highest BCUT2D eigenvalue weighted by Gasteiger charge is 2.55. The maximum absolute atomic E-state index is 12.0. The van der Waals surface area contributed by atoms with Crippen LogP contribution in [0, 0.1) is 40.9 Å². The quantitative estimate of drug-likeness (QED) is 0.602. The standard InChI is InChI=1S/C23H36O/c1-4-6-21-22-19(11-12-23(21,3)5-2)18-10-9-17(24)13-16(18)14-20(22)15-7-8-15/h13,15,18-22H,4-12,14H2,1-3H3. The Morgan fingerprint density at radius 1 is 1.12 bits per heavy atom. The van der Waals surface area contributed by atoms with Crippen molar-refractivity contribution in [3.8, 4) is 0 Å². The largest absolute Gasteiger partial charge is 0.295 e. The van der Waals surface area contributed by atoms with Gasteiger partial charge in [-0.25, -0.2) is 0 Å². The van der Waals surface area contributed by atoms with Gasteiger partial charge in [-0.05, 0) is 91.9 Å². The van der Waals surface area contributed by atoms with Crippen molar-refractivity contribution in [2.24, 2.45) is 40.9 Å². The summed E-state index contributed by atoms with van der Waals surface area (Å²) >= 11 is 0. The van der Waals surface area contributed by atoms with Crippen molar-refractivity contribution < 1.29 is 4.79 Å². The van der Waals surface area contributed by atoms with E-state index in [0.717, 1.165) is 48.3 Å². The van der Waals surface area contributed by atoms with E-state index in [1.165, 1.54) is 51.4 Å². The molecule has 0 heterocycles. The van der Waals surface area contributed by atoms with Gasteiger partial charge in [-0.3, -0.25) is 4.79 Å². The summed E-state index contributed by atoms with van der Waals surface area (Å²) in [5.74, 6) is 5.81. The van der Waals surface area contributed by atoms with E-state index in [0.29, 0.717) is 11.2 Å². The van der Waals surface area contributed by atoms with Crippen LogP contribution in [0.15, 0.2) is 11.6 Å². The summed E-state index contributed by atoms with van der Waals surface area (Å²) in [7, 11) is 0. The number of rotatable bonds is 4. The number of ketones is 1. The molecule has 0 aromatic carbocycles. The first kappa shape index (κ1) is 16.9. The van der Waals surface area contributed by atoms with Crippen molar-refractivity contribution in [1.29, 1.82) is 0 Å². The third-order valence-electron chi connectivity index (χ3n) is 8.54. The van der Waals surface area contributed by atoms with E-state index in [-0.39, 0.29) is 0 Å². The molecule has 0 N–H and O–H groups in total. The lowest BCUT2D eigenvalue weighted by molar-refractivity contribution is -0.116. The normalized spacial score (nSPS) is 45.4. The van der Waals surface area contributed by atoms with Crippen LogP contribution in [-0.2, 0) is 4.79 Å². The molecule has 0 spiro atoms. The molecule has 4 aliphatic carbocycles. The Morgan fingerprint density at radius 2 is 1.92 bits per heavy atom. The molecule has 1 nitrogen and oxygen atoms in total. The first-order chi connectivity index (χ1) is 11.6. The van der Waals surface area contributed by atoms with Gasteiger partial charge < -0.3 is 0 Å². The molecule has 0 aliphatic heterocycles. The van der Waals surface area contributed by atoms with Gasteiger partial charge in [0.25, 0.3) is 0 Å². The van der Waals surface area contributed by atoms with E-state index < -0.39 is 0 Å². The van der Waals surface area contributed by atoms with E-state index in [1.807, 2.05) is 0 Å². The Bertz CT molecular complexity index is 528. The fourth-order valence-electron chi connectivity index (χ4n) is 7.00. The smallest absolute Gasteiger partial charge is 0.155 e. The summed E-state index contributed by atoms with van der Waals surface area (Å²) in [6.07, 6.45) is 15.2. The SMILES string of the molecule is CCCC1C2C(C3CC3)CC3=CC(=O)CCC3C2CCC1(C)CC. The van der Waals surface area contributed by atoms with Gasteiger partial charge >= 0.3 is 0 Å². The van der Waals surface area contributed by atoms with Gasteiger partial charge in [-0.2, -0.15) is 0 Å². The summed E-state index contributed by atoms with van der Waals surface area (Å²) < 4.78 is 0. The van der Waals surface area contributed by atoms with E-state index in [9.17, 15) is 4.79 Å². The monoisotopic (exact) mass is 328 g/mol. The molecule has 6 unspecified atom stereocenters. The van der Waals surface area contributed by atoms with E-state index in [4.69, 9.17) is 0 Å². The summed E-state index contributed by atoms with van der Waals surface area (Å²) in [6.45, 7) is 7.42. The zero-order valence-corrected chi connectivity index (χ0v) is 16.0. The lowest BCUT2D eigenvalue weighted by atomic mass is 9.47. The van der Waals surface area contributed by atoms with Gasteiger partial charge in [0, 0.05) is 6.42 Å². The number of allylic oxidation sites excluding steroid dienone is 2. The lowest BCUT2D eigenvalue weighted by Crippen LogP contribution is -2.50. The van der Waals surface area contributed by atoms with E-state index in [2.05, 4.69) is 26.8 Å². The number of fused-ring (bicyclic) bond motifs is 3. The van der Waals surface area contributed by atoms with Crippen LogP contribution in [0.25, 0.3) is 0 Å². The predicted molar refractivity (Wildman–Crippen MR) is 99.7 cm³/mol. The molecule has 4 aliphatic rings. The highest BCUT2D eigenvalue weighted by atomic mass is 16.1. The molecule has 0 radical (unpaired) electrons. The Hall–Kier alpha value is -0.590. The second kappa shape index (κ2) is 6.29. The van der Waals surface area contributed by atoms with Gasteiger partial charge in [0.15, 0.2) is 5.78 Å². The van der Waals surface area contributed by atoms with Crippen molar-refractivity contribution in [2.45, 2.75) is 85.0 Å². The zero-order chi connectivity index (χ0) is 16.9. The average molecular weight is 329 g/mol. The Labute approximate surface area is 148 Å². The van der Waals surface area contributed by atoms with E-state index in [1.54, 1.807) is 5.57 Å². The van der Waals surface area contributed by atoms with Crippen LogP contribution in [0.3, 0.4) is 0 Å². The Morgan fingerprint density at radius 3 is 2.58 bits per heavy atom. The molecular formula is C23H36O. The minimum Gasteiger partial charge on any atom is -0.295 e. The molecule has 4 rings (SSSR count). The molecule has 134 valence electrons. The second-order valence-electron chi connectivity index (χ2n) is 9.72. The number of carbonyl (C=O) groups is 1. The number of carbonyl (C=O) groups excluding carboxylic acids is 1. The topological polar surface area (TPSA) is 17.1 Å². The summed E-state index contributed by atoms with van der Waals surface area (Å²) in [5, 5.41) is 0. The zero-order valence-electron chi connectivity index (χ0n) is 16.0. The van der Waals surface area contributed by atoms with E-state index >= 15 is 0 Å². The highest BCUT2D eigenvalue weighted by molar-refractivity contribution is 5.91. The summed E-state index contributed by atoms with van der Waals surface area (Å²) in [4.78, 5) is 12.0. The maximum Gasteiger partial charge on any atom is 0.155 e. The molecule has 0 saturated heterocycles.